The zero-order chi connectivity index (χ0) is 19.4. The second-order valence-corrected chi connectivity index (χ2v) is 6.95. The lowest BCUT2D eigenvalue weighted by Crippen LogP contribution is -2.00. The molecule has 0 saturated heterocycles. The molecule has 0 aliphatic carbocycles. The Labute approximate surface area is 168 Å². The average Bonchev–Trinajstić information content (AvgIpc) is 3.21. The Bertz CT molecular complexity index is 876. The smallest absolute Gasteiger partial charge is 0.247 e. The molecule has 0 saturated carbocycles. The topological polar surface area (TPSA) is 81.2 Å². The van der Waals surface area contributed by atoms with Gasteiger partial charge in [0, 0.05) is 17.7 Å². The summed E-state index contributed by atoms with van der Waals surface area (Å²) in [7, 11) is 0. The number of para-hydroxylation sites is 1. The highest BCUT2D eigenvalue weighted by atomic mass is 32.2. The number of hydrogen-bond acceptors (Lipinski definition) is 7. The van der Waals surface area contributed by atoms with Crippen molar-refractivity contribution < 1.29 is 13.9 Å². The molecule has 2 aromatic carbocycles. The molecule has 0 bridgehead atoms. The van der Waals surface area contributed by atoms with Crippen molar-refractivity contribution >= 4 is 11.8 Å². The lowest BCUT2D eigenvalue weighted by molar-refractivity contribution is 0.312. The van der Waals surface area contributed by atoms with Crippen molar-refractivity contribution in [2.75, 3.05) is 19.0 Å². The van der Waals surface area contributed by atoms with Crippen molar-refractivity contribution in [3.63, 3.8) is 0 Å². The van der Waals surface area contributed by atoms with E-state index in [9.17, 15) is 0 Å². The van der Waals surface area contributed by atoms with Gasteiger partial charge >= 0.3 is 0 Å². The molecule has 0 spiro atoms. The Balaban J connectivity index is 1.40. The van der Waals surface area contributed by atoms with Crippen LogP contribution in [0.5, 0.6) is 11.5 Å². The number of thioether (sulfide) groups is 1. The predicted octanol–water partition coefficient (Wildman–Crippen LogP) is 4.73. The number of nitrogens with zero attached hydrogens (tertiary/aromatic N) is 3. The van der Waals surface area contributed by atoms with Crippen molar-refractivity contribution in [3.8, 4) is 29.0 Å². The highest BCUT2D eigenvalue weighted by Crippen LogP contribution is 2.23. The third-order valence-electron chi connectivity index (χ3n) is 3.73. The Morgan fingerprint density at radius 3 is 2.46 bits per heavy atom. The average molecular weight is 395 g/mol. The van der Waals surface area contributed by atoms with Gasteiger partial charge in [-0.05, 0) is 42.8 Å². The SMILES string of the molecule is N#CCCCOc1ccc(-c2nnc(CSCCOc3ccccc3)o2)cc1. The van der Waals surface area contributed by atoms with Gasteiger partial charge in [0.2, 0.25) is 11.8 Å². The third-order valence-corrected chi connectivity index (χ3v) is 4.64. The lowest BCUT2D eigenvalue weighted by Gasteiger charge is -2.05. The molecular formula is C21H21N3O3S. The van der Waals surface area contributed by atoms with Crippen LogP contribution in [0.1, 0.15) is 18.7 Å². The van der Waals surface area contributed by atoms with Crippen molar-refractivity contribution in [1.29, 1.82) is 5.26 Å². The van der Waals surface area contributed by atoms with E-state index in [0.29, 0.717) is 37.2 Å². The van der Waals surface area contributed by atoms with Crippen LogP contribution in [0, 0.1) is 11.3 Å². The van der Waals surface area contributed by atoms with Gasteiger partial charge in [-0.3, -0.25) is 0 Å². The maximum absolute atomic E-state index is 8.52. The molecule has 144 valence electrons. The molecule has 3 rings (SSSR count). The number of ether oxygens (including phenoxy) is 2. The molecule has 0 atom stereocenters. The van der Waals surface area contributed by atoms with Crippen LogP contribution in [0.2, 0.25) is 0 Å². The van der Waals surface area contributed by atoms with E-state index in [1.807, 2.05) is 54.6 Å². The molecular weight excluding hydrogens is 374 g/mol. The van der Waals surface area contributed by atoms with Crippen molar-refractivity contribution in [2.45, 2.75) is 18.6 Å². The predicted molar refractivity (Wildman–Crippen MR) is 108 cm³/mol. The number of rotatable bonds is 11. The lowest BCUT2D eigenvalue weighted by atomic mass is 10.2. The summed E-state index contributed by atoms with van der Waals surface area (Å²) in [6.07, 6.45) is 1.22. The van der Waals surface area contributed by atoms with E-state index in [4.69, 9.17) is 19.2 Å². The first-order chi connectivity index (χ1) is 13.8. The standard InChI is InChI=1S/C21H21N3O3S/c22-12-4-5-13-25-19-10-8-17(9-11-19)21-24-23-20(27-21)16-28-15-14-26-18-6-2-1-3-7-18/h1-3,6-11H,4-5,13-16H2. The summed E-state index contributed by atoms with van der Waals surface area (Å²) < 4.78 is 17.0. The number of benzene rings is 2. The van der Waals surface area contributed by atoms with E-state index in [1.54, 1.807) is 11.8 Å². The Morgan fingerprint density at radius 1 is 0.929 bits per heavy atom. The van der Waals surface area contributed by atoms with E-state index in [0.717, 1.165) is 29.2 Å². The molecule has 0 aliphatic heterocycles. The highest BCUT2D eigenvalue weighted by molar-refractivity contribution is 7.98. The fourth-order valence-electron chi connectivity index (χ4n) is 2.36. The van der Waals surface area contributed by atoms with Gasteiger partial charge in [-0.1, -0.05) is 18.2 Å². The number of hydrogen-bond donors (Lipinski definition) is 0. The van der Waals surface area contributed by atoms with E-state index in [1.165, 1.54) is 0 Å². The summed E-state index contributed by atoms with van der Waals surface area (Å²) in [6, 6.07) is 19.4. The highest BCUT2D eigenvalue weighted by Gasteiger charge is 2.09. The second kappa shape index (κ2) is 11.0. The van der Waals surface area contributed by atoms with Crippen LogP contribution >= 0.6 is 11.8 Å². The first-order valence-corrected chi connectivity index (χ1v) is 10.2. The maximum atomic E-state index is 8.52. The van der Waals surface area contributed by atoms with Crippen molar-refractivity contribution in [2.24, 2.45) is 0 Å². The van der Waals surface area contributed by atoms with Gasteiger partial charge < -0.3 is 13.9 Å². The number of nitriles is 1. The minimum absolute atomic E-state index is 0.493. The van der Waals surface area contributed by atoms with Crippen LogP contribution in [-0.4, -0.2) is 29.2 Å². The fourth-order valence-corrected chi connectivity index (χ4v) is 3.00. The molecule has 1 aromatic heterocycles. The van der Waals surface area contributed by atoms with Gasteiger partial charge in [-0.15, -0.1) is 22.0 Å². The summed E-state index contributed by atoms with van der Waals surface area (Å²) >= 11 is 1.69. The Morgan fingerprint density at radius 2 is 1.68 bits per heavy atom. The first-order valence-electron chi connectivity index (χ1n) is 9.03. The largest absolute Gasteiger partial charge is 0.494 e. The molecule has 7 heteroatoms. The summed E-state index contributed by atoms with van der Waals surface area (Å²) in [4.78, 5) is 0. The van der Waals surface area contributed by atoms with Crippen molar-refractivity contribution in [1.82, 2.24) is 10.2 Å². The molecule has 0 aliphatic rings. The third kappa shape index (κ3) is 6.32. The summed E-state index contributed by atoms with van der Waals surface area (Å²) in [6.45, 7) is 1.16. The molecule has 3 aromatic rings. The summed E-state index contributed by atoms with van der Waals surface area (Å²) in [5, 5.41) is 16.7. The number of aromatic nitrogens is 2. The minimum atomic E-state index is 0.493. The molecule has 6 nitrogen and oxygen atoms in total. The van der Waals surface area contributed by atoms with Crippen LogP contribution < -0.4 is 9.47 Å². The molecule has 28 heavy (non-hydrogen) atoms. The first kappa shape index (κ1) is 19.8. The van der Waals surface area contributed by atoms with E-state index >= 15 is 0 Å². The number of unbranched alkanes of at least 4 members (excludes halogenated alkanes) is 1. The van der Waals surface area contributed by atoms with Crippen molar-refractivity contribution in [3.05, 3.63) is 60.5 Å². The van der Waals surface area contributed by atoms with E-state index in [2.05, 4.69) is 16.3 Å². The summed E-state index contributed by atoms with van der Waals surface area (Å²) in [5.74, 6) is 4.20. The second-order valence-electron chi connectivity index (χ2n) is 5.85. The normalized spacial score (nSPS) is 10.4. The maximum Gasteiger partial charge on any atom is 0.247 e. The monoisotopic (exact) mass is 395 g/mol. The van der Waals surface area contributed by atoms with Gasteiger partial charge in [0.15, 0.2) is 0 Å². The van der Waals surface area contributed by atoms with E-state index < -0.39 is 0 Å². The molecule has 0 N–H and O–H groups in total. The van der Waals surface area contributed by atoms with Gasteiger partial charge in [-0.25, -0.2) is 0 Å². The van der Waals surface area contributed by atoms with Crippen LogP contribution in [0.3, 0.4) is 0 Å². The Hall–Kier alpha value is -2.98. The zero-order valence-corrected chi connectivity index (χ0v) is 16.2. The van der Waals surface area contributed by atoms with Crippen LogP contribution in [-0.2, 0) is 5.75 Å². The summed E-state index contributed by atoms with van der Waals surface area (Å²) in [5.41, 5.74) is 0.848. The quantitative estimate of drug-likeness (QED) is 0.434. The van der Waals surface area contributed by atoms with Crippen LogP contribution in [0.15, 0.2) is 59.0 Å². The molecule has 0 fully saturated rings. The zero-order valence-electron chi connectivity index (χ0n) is 15.4. The van der Waals surface area contributed by atoms with Gasteiger partial charge in [0.25, 0.3) is 0 Å². The molecule has 0 radical (unpaired) electrons. The molecule has 0 amide bonds. The van der Waals surface area contributed by atoms with Gasteiger partial charge in [0.05, 0.1) is 25.0 Å². The van der Waals surface area contributed by atoms with E-state index in [-0.39, 0.29) is 0 Å². The van der Waals surface area contributed by atoms with Gasteiger partial charge in [-0.2, -0.15) is 5.26 Å². The molecule has 0 unspecified atom stereocenters. The van der Waals surface area contributed by atoms with Gasteiger partial charge in [0.1, 0.15) is 11.5 Å². The fraction of sp³-hybridized carbons (Fsp3) is 0.286. The molecule has 1 heterocycles. The van der Waals surface area contributed by atoms with Crippen LogP contribution in [0.4, 0.5) is 0 Å². The minimum Gasteiger partial charge on any atom is -0.494 e. The van der Waals surface area contributed by atoms with Crippen LogP contribution in [0.25, 0.3) is 11.5 Å². The Kier molecular flexibility index (Phi) is 7.77.